The molecule has 0 aromatic heterocycles. The molecule has 0 saturated carbocycles. The van der Waals surface area contributed by atoms with Crippen LogP contribution in [0.3, 0.4) is 0 Å². The molecule has 4 heteroatoms. The van der Waals surface area contributed by atoms with Gasteiger partial charge >= 0.3 is 5.97 Å². The Bertz CT molecular complexity index is 398. The van der Waals surface area contributed by atoms with Crippen LogP contribution >= 0.6 is 0 Å². The lowest BCUT2D eigenvalue weighted by molar-refractivity contribution is -0.140. The molecule has 19 heavy (non-hydrogen) atoms. The van der Waals surface area contributed by atoms with E-state index in [2.05, 4.69) is 19.2 Å². The van der Waals surface area contributed by atoms with Crippen LogP contribution in [0.25, 0.3) is 0 Å². The van der Waals surface area contributed by atoms with Crippen LogP contribution in [0.4, 0.5) is 0 Å². The molecule has 1 aromatic rings. The van der Waals surface area contributed by atoms with Crippen LogP contribution in [0, 0.1) is 0 Å². The second kappa shape index (κ2) is 7.14. The van der Waals surface area contributed by atoms with E-state index in [1.807, 2.05) is 38.1 Å². The number of carboxylic acids is 1. The van der Waals surface area contributed by atoms with E-state index in [0.717, 1.165) is 0 Å². The molecule has 0 saturated heterocycles. The molecule has 0 bridgehead atoms. The third-order valence-electron chi connectivity index (χ3n) is 2.80. The second-order valence-corrected chi connectivity index (χ2v) is 5.25. The van der Waals surface area contributed by atoms with Crippen molar-refractivity contribution in [3.05, 3.63) is 29.8 Å². The number of hydrogen-bond acceptors (Lipinski definition) is 3. The maximum absolute atomic E-state index is 11.1. The molecule has 0 aliphatic heterocycles. The van der Waals surface area contributed by atoms with E-state index in [0.29, 0.717) is 11.7 Å². The first-order valence-corrected chi connectivity index (χ1v) is 6.61. The van der Waals surface area contributed by atoms with Crippen LogP contribution in [-0.4, -0.2) is 29.8 Å². The van der Waals surface area contributed by atoms with Crippen molar-refractivity contribution in [2.75, 3.05) is 6.61 Å². The van der Waals surface area contributed by atoms with E-state index in [4.69, 9.17) is 9.84 Å². The van der Waals surface area contributed by atoms with E-state index in [1.54, 1.807) is 0 Å². The number of rotatable bonds is 7. The minimum Gasteiger partial charge on any atom is -0.491 e. The molecule has 1 unspecified atom stereocenters. The monoisotopic (exact) mass is 265 g/mol. The lowest BCUT2D eigenvalue weighted by atomic mass is 10.0. The molecule has 0 radical (unpaired) electrons. The number of carboxylic acid groups (broad SMARTS) is 1. The number of benzene rings is 1. The summed E-state index contributed by atoms with van der Waals surface area (Å²) in [7, 11) is 0. The van der Waals surface area contributed by atoms with Crippen molar-refractivity contribution in [3.63, 3.8) is 0 Å². The molecule has 2 N–H and O–H groups in total. The first-order chi connectivity index (χ1) is 8.90. The molecule has 0 aliphatic carbocycles. The molecule has 106 valence electrons. The van der Waals surface area contributed by atoms with E-state index < -0.39 is 12.0 Å². The minimum atomic E-state index is -0.896. The summed E-state index contributed by atoms with van der Waals surface area (Å²) >= 11 is 0. The Kier molecular flexibility index (Phi) is 5.83. The van der Waals surface area contributed by atoms with Gasteiger partial charge in [-0.05, 0) is 23.6 Å². The summed E-state index contributed by atoms with van der Waals surface area (Å²) in [5.41, 5.74) is 1.24. The van der Waals surface area contributed by atoms with E-state index in [9.17, 15) is 4.79 Å². The number of carbonyl (C=O) groups is 1. The second-order valence-electron chi connectivity index (χ2n) is 5.25. The summed E-state index contributed by atoms with van der Waals surface area (Å²) in [6.45, 7) is 8.20. The van der Waals surface area contributed by atoms with Crippen LogP contribution in [-0.2, 0) is 4.79 Å². The minimum absolute atomic E-state index is 0.105. The molecule has 0 amide bonds. The highest BCUT2D eigenvalue weighted by molar-refractivity contribution is 5.73. The highest BCUT2D eigenvalue weighted by atomic mass is 16.5. The number of aliphatic carboxylic acids is 1. The molecule has 1 aromatic carbocycles. The van der Waals surface area contributed by atoms with Crippen LogP contribution in [0.1, 0.15) is 39.2 Å². The van der Waals surface area contributed by atoms with Crippen LogP contribution in [0.2, 0.25) is 0 Å². The summed E-state index contributed by atoms with van der Waals surface area (Å²) in [5.74, 6) is 0.275. The van der Waals surface area contributed by atoms with Gasteiger partial charge in [-0.1, -0.05) is 39.8 Å². The molecular weight excluding hydrogens is 242 g/mol. The fourth-order valence-corrected chi connectivity index (χ4v) is 1.72. The normalized spacial score (nSPS) is 12.7. The van der Waals surface area contributed by atoms with Gasteiger partial charge in [-0.2, -0.15) is 0 Å². The molecule has 0 spiro atoms. The van der Waals surface area contributed by atoms with Crippen molar-refractivity contribution in [2.24, 2.45) is 0 Å². The molecule has 4 nitrogen and oxygen atoms in total. The van der Waals surface area contributed by atoms with Crippen molar-refractivity contribution in [1.29, 1.82) is 0 Å². The summed E-state index contributed by atoms with van der Waals surface area (Å²) in [5, 5.41) is 12.0. The predicted molar refractivity (Wildman–Crippen MR) is 75.7 cm³/mol. The first-order valence-electron chi connectivity index (χ1n) is 6.61. The van der Waals surface area contributed by atoms with Gasteiger partial charge in [0.25, 0.3) is 0 Å². The first kappa shape index (κ1) is 15.5. The average molecular weight is 265 g/mol. The lowest BCUT2D eigenvalue weighted by Crippen LogP contribution is -2.44. The average Bonchev–Trinajstić information content (AvgIpc) is 2.34. The molecular formula is C15H23NO3. The highest BCUT2D eigenvalue weighted by Crippen LogP contribution is 2.18. The van der Waals surface area contributed by atoms with Crippen molar-refractivity contribution in [2.45, 2.75) is 45.7 Å². The van der Waals surface area contributed by atoms with Crippen molar-refractivity contribution in [1.82, 2.24) is 5.32 Å². The van der Waals surface area contributed by atoms with Gasteiger partial charge in [0, 0.05) is 6.04 Å². The number of ether oxygens (including phenoxy) is 1. The van der Waals surface area contributed by atoms with Crippen molar-refractivity contribution >= 4 is 5.97 Å². The summed E-state index contributed by atoms with van der Waals surface area (Å²) in [4.78, 5) is 11.1. The Balaban J connectivity index is 2.56. The fourth-order valence-electron chi connectivity index (χ4n) is 1.72. The van der Waals surface area contributed by atoms with Gasteiger partial charge in [0.05, 0.1) is 0 Å². The molecule has 0 aliphatic rings. The topological polar surface area (TPSA) is 58.6 Å². The van der Waals surface area contributed by atoms with Gasteiger partial charge < -0.3 is 9.84 Å². The van der Waals surface area contributed by atoms with Crippen molar-refractivity contribution in [3.8, 4) is 5.75 Å². The van der Waals surface area contributed by atoms with Gasteiger partial charge in [0.1, 0.15) is 18.4 Å². The summed E-state index contributed by atoms with van der Waals surface area (Å²) in [6, 6.07) is 7.18. The Morgan fingerprint density at radius 3 is 2.21 bits per heavy atom. The highest BCUT2D eigenvalue weighted by Gasteiger charge is 2.18. The zero-order valence-corrected chi connectivity index (χ0v) is 12.0. The van der Waals surface area contributed by atoms with E-state index in [-0.39, 0.29) is 12.6 Å². The van der Waals surface area contributed by atoms with Crippen LogP contribution < -0.4 is 10.1 Å². The third kappa shape index (κ3) is 5.30. The summed E-state index contributed by atoms with van der Waals surface area (Å²) < 4.78 is 5.52. The van der Waals surface area contributed by atoms with Crippen LogP contribution in [0.15, 0.2) is 24.3 Å². The Hall–Kier alpha value is -1.55. The lowest BCUT2D eigenvalue weighted by Gasteiger charge is -2.18. The summed E-state index contributed by atoms with van der Waals surface area (Å²) in [6.07, 6.45) is 0. The predicted octanol–water partition coefficient (Wildman–Crippen LogP) is 2.64. The van der Waals surface area contributed by atoms with Gasteiger partial charge in [-0.3, -0.25) is 10.1 Å². The van der Waals surface area contributed by atoms with Gasteiger partial charge in [0.15, 0.2) is 0 Å². The number of hydrogen-bond donors (Lipinski definition) is 2. The molecule has 1 rings (SSSR count). The third-order valence-corrected chi connectivity index (χ3v) is 2.80. The molecule has 1 atom stereocenters. The van der Waals surface area contributed by atoms with Gasteiger partial charge in [-0.15, -0.1) is 0 Å². The standard InChI is InChI=1S/C15H23NO3/c1-10(2)12-5-7-13(8-6-12)19-9-14(15(17)18)16-11(3)4/h5-8,10-11,14,16H,9H2,1-4H3,(H,17,18). The van der Waals surface area contributed by atoms with Gasteiger partial charge in [-0.25, -0.2) is 0 Å². The Morgan fingerprint density at radius 1 is 1.21 bits per heavy atom. The van der Waals surface area contributed by atoms with Crippen LogP contribution in [0.5, 0.6) is 5.75 Å². The Labute approximate surface area is 114 Å². The zero-order chi connectivity index (χ0) is 14.4. The molecule has 0 heterocycles. The van der Waals surface area contributed by atoms with E-state index in [1.165, 1.54) is 5.56 Å². The van der Waals surface area contributed by atoms with E-state index >= 15 is 0 Å². The Morgan fingerprint density at radius 2 is 1.79 bits per heavy atom. The maximum atomic E-state index is 11.1. The number of nitrogens with one attached hydrogen (secondary N) is 1. The fraction of sp³-hybridized carbons (Fsp3) is 0.533. The maximum Gasteiger partial charge on any atom is 0.324 e. The smallest absolute Gasteiger partial charge is 0.324 e. The van der Waals surface area contributed by atoms with Crippen molar-refractivity contribution < 1.29 is 14.6 Å². The molecule has 0 fully saturated rings. The zero-order valence-electron chi connectivity index (χ0n) is 12.0. The quantitative estimate of drug-likeness (QED) is 0.795. The largest absolute Gasteiger partial charge is 0.491 e. The SMILES string of the molecule is CC(C)NC(COc1ccc(C(C)C)cc1)C(=O)O. The van der Waals surface area contributed by atoms with Gasteiger partial charge in [0.2, 0.25) is 0 Å².